The van der Waals surface area contributed by atoms with Gasteiger partial charge in [-0.3, -0.25) is 4.79 Å². The summed E-state index contributed by atoms with van der Waals surface area (Å²) in [5.74, 6) is 2.50. The monoisotopic (exact) mass is 410 g/mol. The number of nitrogens with zero attached hydrogens (tertiary/aromatic N) is 6. The zero-order valence-electron chi connectivity index (χ0n) is 16.3. The second-order valence-electron chi connectivity index (χ2n) is 7.08. The predicted molar refractivity (Wildman–Crippen MR) is 112 cm³/mol. The Morgan fingerprint density at radius 1 is 1.07 bits per heavy atom. The van der Waals surface area contributed by atoms with Gasteiger partial charge < -0.3 is 9.80 Å². The number of piperazine rings is 1. The van der Waals surface area contributed by atoms with E-state index in [4.69, 9.17) is 11.6 Å². The molecule has 1 fully saturated rings. The number of carbonyl (C=O) groups is 1. The molecule has 1 aromatic carbocycles. The maximum Gasteiger partial charge on any atom is 0.223 e. The first kappa shape index (κ1) is 19.4. The first-order valence-corrected chi connectivity index (χ1v) is 10.1. The number of rotatable bonds is 5. The standard InChI is InChI=1S/C21H23ClN6O/c1-16-24-19(15-20(25-16)28-9-3-8-23-28)26-10-12-27(13-11-26)21(29)7-6-17-4-2-5-18(22)14-17/h2-5,8-9,14-15H,6-7,10-13H2,1H3. The van der Waals surface area contributed by atoms with E-state index in [1.165, 1.54) is 0 Å². The lowest BCUT2D eigenvalue weighted by atomic mass is 10.1. The molecule has 0 N–H and O–H groups in total. The van der Waals surface area contributed by atoms with Gasteiger partial charge in [-0.2, -0.15) is 5.10 Å². The highest BCUT2D eigenvalue weighted by atomic mass is 35.5. The molecule has 8 heteroatoms. The van der Waals surface area contributed by atoms with Crippen molar-refractivity contribution in [3.05, 3.63) is 65.2 Å². The number of anilines is 1. The number of benzene rings is 1. The summed E-state index contributed by atoms with van der Waals surface area (Å²) in [5, 5.41) is 4.95. The Bertz CT molecular complexity index is 983. The van der Waals surface area contributed by atoms with Crippen molar-refractivity contribution in [2.75, 3.05) is 31.1 Å². The molecule has 1 aliphatic heterocycles. The molecular weight excluding hydrogens is 388 g/mol. The molecule has 1 saturated heterocycles. The summed E-state index contributed by atoms with van der Waals surface area (Å²) in [6.07, 6.45) is 4.79. The van der Waals surface area contributed by atoms with E-state index in [9.17, 15) is 4.79 Å². The molecule has 3 heterocycles. The Kier molecular flexibility index (Phi) is 5.76. The molecule has 1 aliphatic rings. The fourth-order valence-corrected chi connectivity index (χ4v) is 3.72. The maximum absolute atomic E-state index is 12.6. The molecule has 0 unspecified atom stereocenters. The van der Waals surface area contributed by atoms with Crippen molar-refractivity contribution in [1.82, 2.24) is 24.6 Å². The second-order valence-corrected chi connectivity index (χ2v) is 7.52. The van der Waals surface area contributed by atoms with Gasteiger partial charge in [-0.25, -0.2) is 14.6 Å². The minimum atomic E-state index is 0.181. The van der Waals surface area contributed by atoms with Gasteiger partial charge in [0.1, 0.15) is 11.6 Å². The van der Waals surface area contributed by atoms with Gasteiger partial charge in [-0.1, -0.05) is 23.7 Å². The third-order valence-electron chi connectivity index (χ3n) is 5.02. The second kappa shape index (κ2) is 8.61. The van der Waals surface area contributed by atoms with Crippen molar-refractivity contribution in [2.45, 2.75) is 19.8 Å². The van der Waals surface area contributed by atoms with Gasteiger partial charge in [0.2, 0.25) is 5.91 Å². The lowest BCUT2D eigenvalue weighted by Crippen LogP contribution is -2.49. The molecular formula is C21H23ClN6O. The average molecular weight is 411 g/mol. The minimum Gasteiger partial charge on any atom is -0.353 e. The predicted octanol–water partition coefficient (Wildman–Crippen LogP) is 2.91. The van der Waals surface area contributed by atoms with Gasteiger partial charge in [0.25, 0.3) is 0 Å². The van der Waals surface area contributed by atoms with Crippen LogP contribution in [0.3, 0.4) is 0 Å². The fourth-order valence-electron chi connectivity index (χ4n) is 3.51. The first-order valence-electron chi connectivity index (χ1n) is 9.71. The summed E-state index contributed by atoms with van der Waals surface area (Å²) in [6, 6.07) is 11.5. The molecule has 0 radical (unpaired) electrons. The van der Waals surface area contributed by atoms with Crippen LogP contribution in [-0.2, 0) is 11.2 Å². The maximum atomic E-state index is 12.6. The Morgan fingerprint density at radius 2 is 1.86 bits per heavy atom. The lowest BCUT2D eigenvalue weighted by Gasteiger charge is -2.35. The van der Waals surface area contributed by atoms with Crippen molar-refractivity contribution in [2.24, 2.45) is 0 Å². The topological polar surface area (TPSA) is 67.2 Å². The molecule has 1 amide bonds. The molecule has 0 saturated carbocycles. The zero-order valence-corrected chi connectivity index (χ0v) is 17.1. The minimum absolute atomic E-state index is 0.181. The van der Waals surface area contributed by atoms with E-state index in [1.54, 1.807) is 10.9 Å². The largest absolute Gasteiger partial charge is 0.353 e. The van der Waals surface area contributed by atoms with Gasteiger partial charge >= 0.3 is 0 Å². The number of aromatic nitrogens is 4. The van der Waals surface area contributed by atoms with Crippen LogP contribution in [0.25, 0.3) is 5.82 Å². The summed E-state index contributed by atoms with van der Waals surface area (Å²) in [5.41, 5.74) is 1.09. The number of carbonyl (C=O) groups excluding carboxylic acids is 1. The van der Waals surface area contributed by atoms with Crippen LogP contribution < -0.4 is 4.90 Å². The SMILES string of the molecule is Cc1nc(N2CCN(C(=O)CCc3cccc(Cl)c3)CC2)cc(-n2cccn2)n1. The third kappa shape index (κ3) is 4.74. The summed E-state index contributed by atoms with van der Waals surface area (Å²) >= 11 is 6.02. The van der Waals surface area contributed by atoms with E-state index >= 15 is 0 Å². The quantitative estimate of drug-likeness (QED) is 0.647. The first-order chi connectivity index (χ1) is 14.1. The van der Waals surface area contributed by atoms with Crippen molar-refractivity contribution >= 4 is 23.3 Å². The summed E-state index contributed by atoms with van der Waals surface area (Å²) < 4.78 is 1.73. The van der Waals surface area contributed by atoms with Crippen molar-refractivity contribution in [3.8, 4) is 5.82 Å². The Labute approximate surface area is 174 Å². The summed E-state index contributed by atoms with van der Waals surface area (Å²) in [6.45, 7) is 4.75. The highest BCUT2D eigenvalue weighted by molar-refractivity contribution is 6.30. The van der Waals surface area contributed by atoms with E-state index in [2.05, 4.69) is 20.0 Å². The normalized spacial score (nSPS) is 14.3. The fraction of sp³-hybridized carbons (Fsp3) is 0.333. The Hall–Kier alpha value is -2.93. The zero-order chi connectivity index (χ0) is 20.2. The van der Waals surface area contributed by atoms with Crippen LogP contribution in [-0.4, -0.2) is 56.7 Å². The van der Waals surface area contributed by atoms with Crippen LogP contribution in [0.4, 0.5) is 5.82 Å². The van der Waals surface area contributed by atoms with Gasteiger partial charge in [-0.05, 0) is 37.1 Å². The molecule has 29 heavy (non-hydrogen) atoms. The van der Waals surface area contributed by atoms with Gasteiger partial charge in [0, 0.05) is 56.1 Å². The molecule has 0 atom stereocenters. The van der Waals surface area contributed by atoms with Crippen molar-refractivity contribution in [1.29, 1.82) is 0 Å². The van der Waals surface area contributed by atoms with Crippen LogP contribution in [0.15, 0.2) is 48.8 Å². The number of halogens is 1. The molecule has 150 valence electrons. The van der Waals surface area contributed by atoms with E-state index in [0.717, 1.165) is 30.3 Å². The van der Waals surface area contributed by atoms with Crippen molar-refractivity contribution in [3.63, 3.8) is 0 Å². The Balaban J connectivity index is 1.35. The summed E-state index contributed by atoms with van der Waals surface area (Å²) in [4.78, 5) is 25.8. The molecule has 0 spiro atoms. The summed E-state index contributed by atoms with van der Waals surface area (Å²) in [7, 11) is 0. The van der Waals surface area contributed by atoms with E-state index in [-0.39, 0.29) is 5.91 Å². The van der Waals surface area contributed by atoms with Gasteiger partial charge in [0.15, 0.2) is 5.82 Å². The smallest absolute Gasteiger partial charge is 0.223 e. The molecule has 3 aromatic rings. The number of amides is 1. The molecule has 2 aromatic heterocycles. The highest BCUT2D eigenvalue weighted by Crippen LogP contribution is 2.18. The molecule has 0 aliphatic carbocycles. The van der Waals surface area contributed by atoms with Gasteiger partial charge in [0.05, 0.1) is 0 Å². The van der Waals surface area contributed by atoms with E-state index in [1.807, 2.05) is 54.4 Å². The van der Waals surface area contributed by atoms with Gasteiger partial charge in [-0.15, -0.1) is 0 Å². The van der Waals surface area contributed by atoms with Crippen LogP contribution in [0, 0.1) is 6.92 Å². The molecule has 0 bridgehead atoms. The van der Waals surface area contributed by atoms with E-state index in [0.29, 0.717) is 36.8 Å². The molecule has 4 rings (SSSR count). The Morgan fingerprint density at radius 3 is 2.59 bits per heavy atom. The lowest BCUT2D eigenvalue weighted by molar-refractivity contribution is -0.131. The average Bonchev–Trinajstić information content (AvgIpc) is 3.27. The van der Waals surface area contributed by atoms with E-state index < -0.39 is 0 Å². The van der Waals surface area contributed by atoms with Crippen LogP contribution in [0.1, 0.15) is 17.8 Å². The highest BCUT2D eigenvalue weighted by Gasteiger charge is 2.22. The molecule has 7 nitrogen and oxygen atoms in total. The van der Waals surface area contributed by atoms with Crippen LogP contribution in [0.2, 0.25) is 5.02 Å². The number of hydrogen-bond acceptors (Lipinski definition) is 5. The van der Waals surface area contributed by atoms with Crippen molar-refractivity contribution < 1.29 is 4.79 Å². The third-order valence-corrected chi connectivity index (χ3v) is 5.26. The number of hydrogen-bond donors (Lipinski definition) is 0. The van der Waals surface area contributed by atoms with Crippen LogP contribution in [0.5, 0.6) is 0 Å². The van der Waals surface area contributed by atoms with Crippen LogP contribution >= 0.6 is 11.6 Å². The number of aryl methyl sites for hydroxylation is 2.